The smallest absolute Gasteiger partial charge is 0.123 e. The van der Waals surface area contributed by atoms with Gasteiger partial charge in [0.15, 0.2) is 0 Å². The molecule has 4 nitrogen and oxygen atoms in total. The average Bonchev–Trinajstić information content (AvgIpc) is 2.37. The largest absolute Gasteiger partial charge is 0.494 e. The van der Waals surface area contributed by atoms with Gasteiger partial charge in [-0.25, -0.2) is 0 Å². The normalized spacial score (nSPS) is 24.4. The Kier molecular flexibility index (Phi) is 4.66. The molecule has 106 valence electrons. The second-order valence-corrected chi connectivity index (χ2v) is 5.37. The van der Waals surface area contributed by atoms with Crippen molar-refractivity contribution in [1.82, 2.24) is 4.90 Å². The Morgan fingerprint density at radius 2 is 2.26 bits per heavy atom. The van der Waals surface area contributed by atoms with Gasteiger partial charge in [-0.15, -0.1) is 0 Å². The Morgan fingerprint density at radius 3 is 2.95 bits per heavy atom. The highest BCUT2D eigenvalue weighted by atomic mass is 16.5. The predicted molar refractivity (Wildman–Crippen MR) is 77.1 cm³/mol. The molecule has 2 atom stereocenters. The number of ether oxygens (including phenoxy) is 1. The maximum atomic E-state index is 9.96. The summed E-state index contributed by atoms with van der Waals surface area (Å²) in [4.78, 5) is 2.27. The van der Waals surface area contributed by atoms with Gasteiger partial charge >= 0.3 is 0 Å². The summed E-state index contributed by atoms with van der Waals surface area (Å²) in [5, 5.41) is 9.96. The monoisotopic (exact) mass is 264 g/mol. The zero-order valence-corrected chi connectivity index (χ0v) is 11.8. The molecule has 2 unspecified atom stereocenters. The molecule has 0 amide bonds. The third-order valence-corrected chi connectivity index (χ3v) is 3.78. The first-order chi connectivity index (χ1) is 9.10. The Bertz CT molecular complexity index is 423. The van der Waals surface area contributed by atoms with Crippen LogP contribution in [0.25, 0.3) is 0 Å². The number of nitrogens with two attached hydrogens (primary N) is 1. The summed E-state index contributed by atoms with van der Waals surface area (Å²) in [7, 11) is 0. The van der Waals surface area contributed by atoms with Crippen LogP contribution in [-0.2, 0) is 6.54 Å². The van der Waals surface area contributed by atoms with E-state index < -0.39 is 0 Å². The number of nitrogens with zero attached hydrogens (tertiary/aromatic N) is 1. The molecule has 1 saturated heterocycles. The van der Waals surface area contributed by atoms with Gasteiger partial charge in [0.2, 0.25) is 0 Å². The molecule has 0 saturated carbocycles. The van der Waals surface area contributed by atoms with Crippen molar-refractivity contribution >= 4 is 5.69 Å². The molecule has 4 heteroatoms. The Balaban J connectivity index is 2.07. The minimum Gasteiger partial charge on any atom is -0.494 e. The van der Waals surface area contributed by atoms with Gasteiger partial charge < -0.3 is 15.6 Å². The van der Waals surface area contributed by atoms with Crippen molar-refractivity contribution in [2.45, 2.75) is 32.9 Å². The zero-order valence-electron chi connectivity index (χ0n) is 11.8. The van der Waals surface area contributed by atoms with E-state index in [0.29, 0.717) is 12.5 Å². The summed E-state index contributed by atoms with van der Waals surface area (Å²) in [6, 6.07) is 5.76. The van der Waals surface area contributed by atoms with E-state index in [2.05, 4.69) is 11.8 Å². The summed E-state index contributed by atoms with van der Waals surface area (Å²) in [5.74, 6) is 1.29. The van der Waals surface area contributed by atoms with E-state index in [1.54, 1.807) is 0 Å². The topological polar surface area (TPSA) is 58.7 Å². The van der Waals surface area contributed by atoms with Gasteiger partial charge in [-0.05, 0) is 44.0 Å². The summed E-state index contributed by atoms with van der Waals surface area (Å²) in [6.07, 6.45) is 0.804. The van der Waals surface area contributed by atoms with E-state index in [9.17, 15) is 5.11 Å². The van der Waals surface area contributed by atoms with Crippen molar-refractivity contribution < 1.29 is 9.84 Å². The second kappa shape index (κ2) is 6.26. The Hall–Kier alpha value is -1.26. The summed E-state index contributed by atoms with van der Waals surface area (Å²) in [5.41, 5.74) is 7.71. The highest BCUT2D eigenvalue weighted by molar-refractivity contribution is 5.47. The fraction of sp³-hybridized carbons (Fsp3) is 0.600. The van der Waals surface area contributed by atoms with Crippen LogP contribution in [0.1, 0.15) is 25.8 Å². The maximum Gasteiger partial charge on any atom is 0.123 e. The lowest BCUT2D eigenvalue weighted by atomic mass is 9.95. The first-order valence-corrected chi connectivity index (χ1v) is 7.01. The molecule has 0 spiro atoms. The highest BCUT2D eigenvalue weighted by Gasteiger charge is 2.24. The van der Waals surface area contributed by atoms with Crippen LogP contribution in [0.15, 0.2) is 18.2 Å². The molecule has 0 aliphatic carbocycles. The van der Waals surface area contributed by atoms with E-state index in [4.69, 9.17) is 10.5 Å². The number of hydrogen-bond donors (Lipinski definition) is 2. The first kappa shape index (κ1) is 14.2. The number of hydrogen-bond acceptors (Lipinski definition) is 4. The van der Waals surface area contributed by atoms with Crippen molar-refractivity contribution in [2.24, 2.45) is 5.92 Å². The van der Waals surface area contributed by atoms with Gasteiger partial charge in [-0.2, -0.15) is 0 Å². The third kappa shape index (κ3) is 3.61. The van der Waals surface area contributed by atoms with Crippen LogP contribution in [0.3, 0.4) is 0 Å². The number of anilines is 1. The van der Waals surface area contributed by atoms with Crippen molar-refractivity contribution in [3.63, 3.8) is 0 Å². The first-order valence-electron chi connectivity index (χ1n) is 7.01. The van der Waals surface area contributed by atoms with Crippen molar-refractivity contribution in [2.75, 3.05) is 25.4 Å². The van der Waals surface area contributed by atoms with Gasteiger partial charge in [0.25, 0.3) is 0 Å². The number of piperidine rings is 1. The van der Waals surface area contributed by atoms with Crippen molar-refractivity contribution in [3.05, 3.63) is 23.8 Å². The van der Waals surface area contributed by atoms with E-state index in [1.165, 1.54) is 0 Å². The fourth-order valence-electron chi connectivity index (χ4n) is 2.52. The molecule has 19 heavy (non-hydrogen) atoms. The van der Waals surface area contributed by atoms with Crippen LogP contribution in [0.2, 0.25) is 0 Å². The highest BCUT2D eigenvalue weighted by Crippen LogP contribution is 2.25. The Morgan fingerprint density at radius 1 is 1.47 bits per heavy atom. The minimum atomic E-state index is -0.231. The lowest BCUT2D eigenvalue weighted by Crippen LogP contribution is -2.42. The lowest BCUT2D eigenvalue weighted by Gasteiger charge is -2.34. The molecule has 3 N–H and O–H groups in total. The van der Waals surface area contributed by atoms with Crippen LogP contribution in [0.4, 0.5) is 5.69 Å². The number of benzene rings is 1. The molecular weight excluding hydrogens is 240 g/mol. The van der Waals surface area contributed by atoms with Crippen LogP contribution in [-0.4, -0.2) is 35.8 Å². The van der Waals surface area contributed by atoms with Gasteiger partial charge in [0.05, 0.1) is 12.7 Å². The number of aliphatic hydroxyl groups excluding tert-OH is 1. The van der Waals surface area contributed by atoms with E-state index in [0.717, 1.165) is 43.1 Å². The van der Waals surface area contributed by atoms with Crippen molar-refractivity contribution in [3.8, 4) is 5.75 Å². The van der Waals surface area contributed by atoms with E-state index in [-0.39, 0.29) is 6.10 Å². The molecule has 1 aromatic rings. The second-order valence-electron chi connectivity index (χ2n) is 5.37. The average molecular weight is 264 g/mol. The third-order valence-electron chi connectivity index (χ3n) is 3.78. The van der Waals surface area contributed by atoms with Crippen LogP contribution in [0, 0.1) is 5.92 Å². The van der Waals surface area contributed by atoms with Gasteiger partial charge in [-0.1, -0.05) is 6.92 Å². The summed E-state index contributed by atoms with van der Waals surface area (Å²) < 4.78 is 5.64. The molecular formula is C15H24N2O2. The van der Waals surface area contributed by atoms with Gasteiger partial charge in [0.1, 0.15) is 5.75 Å². The van der Waals surface area contributed by atoms with Gasteiger partial charge in [-0.3, -0.25) is 4.90 Å². The number of β-amino-alcohol motifs (C(OH)–C–C–N with tert-alkyl or cyclic N) is 1. The van der Waals surface area contributed by atoms with Crippen LogP contribution >= 0.6 is 0 Å². The molecule has 1 aliphatic heterocycles. The fourth-order valence-corrected chi connectivity index (χ4v) is 2.52. The number of likely N-dealkylation sites (tertiary alicyclic amines) is 1. The molecule has 0 radical (unpaired) electrons. The predicted octanol–water partition coefficient (Wildman–Crippen LogP) is 1.87. The summed E-state index contributed by atoms with van der Waals surface area (Å²) >= 11 is 0. The standard InChI is InChI=1S/C15H24N2O2/c1-3-19-15-5-4-13(16)8-12(15)9-17-7-6-11(2)14(18)10-17/h4-5,8,11,14,18H,3,6-7,9-10,16H2,1-2H3. The van der Waals surface area contributed by atoms with E-state index in [1.807, 2.05) is 25.1 Å². The number of rotatable bonds is 4. The van der Waals surface area contributed by atoms with Gasteiger partial charge in [0, 0.05) is 24.3 Å². The number of aliphatic hydroxyl groups is 1. The summed E-state index contributed by atoms with van der Waals surface area (Å²) in [6.45, 7) is 7.25. The zero-order chi connectivity index (χ0) is 13.8. The SMILES string of the molecule is CCOc1ccc(N)cc1CN1CCC(C)C(O)C1. The van der Waals surface area contributed by atoms with E-state index >= 15 is 0 Å². The Labute approximate surface area is 115 Å². The van der Waals surface area contributed by atoms with Crippen LogP contribution in [0.5, 0.6) is 5.75 Å². The molecule has 0 bridgehead atoms. The maximum absolute atomic E-state index is 9.96. The molecule has 1 aliphatic rings. The molecule has 1 heterocycles. The minimum absolute atomic E-state index is 0.231. The number of nitrogen functional groups attached to an aromatic ring is 1. The van der Waals surface area contributed by atoms with Crippen molar-refractivity contribution in [1.29, 1.82) is 0 Å². The molecule has 1 aromatic carbocycles. The molecule has 1 fully saturated rings. The van der Waals surface area contributed by atoms with Crippen LogP contribution < -0.4 is 10.5 Å². The molecule has 0 aromatic heterocycles. The lowest BCUT2D eigenvalue weighted by molar-refractivity contribution is 0.0256. The molecule has 2 rings (SSSR count). The quantitative estimate of drug-likeness (QED) is 0.815.